The minimum Gasteiger partial charge on any atom is -0.324 e. The van der Waals surface area contributed by atoms with Crippen LogP contribution in [-0.4, -0.2) is 15.0 Å². The van der Waals surface area contributed by atoms with Crippen LogP contribution in [0.2, 0.25) is 0 Å². The van der Waals surface area contributed by atoms with Crippen molar-refractivity contribution in [1.29, 1.82) is 0 Å². The molecule has 0 fully saturated rings. The molecule has 0 saturated carbocycles. The van der Waals surface area contributed by atoms with Crippen molar-refractivity contribution in [1.82, 2.24) is 9.13 Å². The van der Waals surface area contributed by atoms with E-state index in [0.29, 0.717) is 16.6 Å². The summed E-state index contributed by atoms with van der Waals surface area (Å²) < 4.78 is 2.58. The van der Waals surface area contributed by atoms with E-state index in [9.17, 15) is 14.4 Å². The van der Waals surface area contributed by atoms with Crippen LogP contribution in [0.5, 0.6) is 0 Å². The molecule has 1 amide bonds. The molecular formula is C21H23N3O3. The summed E-state index contributed by atoms with van der Waals surface area (Å²) in [4.78, 5) is 38.6. The predicted molar refractivity (Wildman–Crippen MR) is 107 cm³/mol. The van der Waals surface area contributed by atoms with Gasteiger partial charge in [-0.05, 0) is 57.5 Å². The first-order valence-corrected chi connectivity index (χ1v) is 8.94. The molecule has 1 N–H and O–H groups in total. The van der Waals surface area contributed by atoms with E-state index < -0.39 is 11.7 Å². The lowest BCUT2D eigenvalue weighted by molar-refractivity contribution is -0.118. The molecule has 1 atom stereocenters. The van der Waals surface area contributed by atoms with Crippen LogP contribution in [0.4, 0.5) is 5.69 Å². The second-order valence-corrected chi connectivity index (χ2v) is 6.97. The molecule has 0 spiro atoms. The zero-order valence-corrected chi connectivity index (χ0v) is 15.9. The van der Waals surface area contributed by atoms with E-state index in [1.165, 1.54) is 9.13 Å². The number of anilines is 1. The Morgan fingerprint density at radius 3 is 2.33 bits per heavy atom. The van der Waals surface area contributed by atoms with Gasteiger partial charge in [-0.3, -0.25) is 18.7 Å². The van der Waals surface area contributed by atoms with Gasteiger partial charge in [0.2, 0.25) is 5.91 Å². The predicted octanol–water partition coefficient (Wildman–Crippen LogP) is 3.25. The van der Waals surface area contributed by atoms with E-state index in [1.807, 2.05) is 25.1 Å². The van der Waals surface area contributed by atoms with Crippen molar-refractivity contribution < 1.29 is 4.79 Å². The topological polar surface area (TPSA) is 73.1 Å². The molecule has 1 heterocycles. The van der Waals surface area contributed by atoms with E-state index in [1.54, 1.807) is 51.1 Å². The lowest BCUT2D eigenvalue weighted by Crippen LogP contribution is -2.44. The Kier molecular flexibility index (Phi) is 4.99. The van der Waals surface area contributed by atoms with E-state index in [2.05, 4.69) is 5.32 Å². The maximum Gasteiger partial charge on any atom is 0.332 e. The summed E-state index contributed by atoms with van der Waals surface area (Å²) in [5.41, 5.74) is 1.32. The van der Waals surface area contributed by atoms with Crippen LogP contribution in [0.15, 0.2) is 58.1 Å². The smallest absolute Gasteiger partial charge is 0.324 e. The average molecular weight is 365 g/mol. The number of carbonyl (C=O) groups is 1. The van der Waals surface area contributed by atoms with E-state index in [0.717, 1.165) is 5.56 Å². The van der Waals surface area contributed by atoms with Gasteiger partial charge in [-0.2, -0.15) is 0 Å². The molecule has 3 rings (SSSR count). The molecule has 27 heavy (non-hydrogen) atoms. The number of carbonyl (C=O) groups excluding carboxylic acids is 1. The Balaban J connectivity index is 2.14. The monoisotopic (exact) mass is 365 g/mol. The molecular weight excluding hydrogens is 342 g/mol. The number of rotatable bonds is 4. The lowest BCUT2D eigenvalue weighted by atomic mass is 10.2. The molecule has 0 saturated heterocycles. The third-order valence-electron chi connectivity index (χ3n) is 4.59. The highest BCUT2D eigenvalue weighted by molar-refractivity contribution is 5.94. The SMILES string of the molecule is Cc1cccc(NC(=O)C(C)n2c(=O)n(C(C)C)c(=O)c3ccccc32)c1. The van der Waals surface area contributed by atoms with Crippen molar-refractivity contribution >= 4 is 22.5 Å². The first-order valence-electron chi connectivity index (χ1n) is 8.94. The minimum absolute atomic E-state index is 0.312. The van der Waals surface area contributed by atoms with E-state index >= 15 is 0 Å². The van der Waals surface area contributed by atoms with Gasteiger partial charge in [0.05, 0.1) is 10.9 Å². The molecule has 0 aliphatic heterocycles. The summed E-state index contributed by atoms with van der Waals surface area (Å²) in [6, 6.07) is 13.2. The number of hydrogen-bond acceptors (Lipinski definition) is 3. The molecule has 6 nitrogen and oxygen atoms in total. The van der Waals surface area contributed by atoms with E-state index in [-0.39, 0.29) is 17.5 Å². The highest BCUT2D eigenvalue weighted by atomic mass is 16.2. The zero-order chi connectivity index (χ0) is 19.7. The Morgan fingerprint density at radius 1 is 0.963 bits per heavy atom. The maximum absolute atomic E-state index is 13.0. The lowest BCUT2D eigenvalue weighted by Gasteiger charge is -2.20. The second-order valence-electron chi connectivity index (χ2n) is 6.97. The first kappa shape index (κ1) is 18.6. The van der Waals surface area contributed by atoms with Gasteiger partial charge in [0.15, 0.2) is 0 Å². The summed E-state index contributed by atoms with van der Waals surface area (Å²) in [5.74, 6) is -0.318. The Morgan fingerprint density at radius 2 is 1.67 bits per heavy atom. The number of nitrogens with one attached hydrogen (secondary N) is 1. The number of amides is 1. The third kappa shape index (κ3) is 3.43. The van der Waals surface area contributed by atoms with Crippen LogP contribution in [-0.2, 0) is 4.79 Å². The summed E-state index contributed by atoms with van der Waals surface area (Å²) in [7, 11) is 0. The molecule has 0 aliphatic carbocycles. The van der Waals surface area contributed by atoms with Crippen molar-refractivity contribution in [2.24, 2.45) is 0 Å². The highest BCUT2D eigenvalue weighted by Crippen LogP contribution is 2.17. The van der Waals surface area contributed by atoms with Gasteiger partial charge in [-0.15, -0.1) is 0 Å². The normalized spacial score (nSPS) is 12.3. The van der Waals surface area contributed by atoms with Gasteiger partial charge in [0.25, 0.3) is 5.56 Å². The van der Waals surface area contributed by atoms with Gasteiger partial charge in [-0.25, -0.2) is 4.79 Å². The largest absolute Gasteiger partial charge is 0.332 e. The van der Waals surface area contributed by atoms with Crippen molar-refractivity contribution in [2.75, 3.05) is 5.32 Å². The molecule has 140 valence electrons. The molecule has 3 aromatic rings. The van der Waals surface area contributed by atoms with Gasteiger partial charge < -0.3 is 5.32 Å². The molecule has 0 aliphatic rings. The molecule has 0 radical (unpaired) electrons. The highest BCUT2D eigenvalue weighted by Gasteiger charge is 2.23. The van der Waals surface area contributed by atoms with Crippen molar-refractivity contribution in [2.45, 2.75) is 39.8 Å². The van der Waals surface area contributed by atoms with Crippen molar-refractivity contribution in [3.8, 4) is 0 Å². The number of para-hydroxylation sites is 1. The summed E-state index contributed by atoms with van der Waals surface area (Å²) in [6.07, 6.45) is 0. The molecule has 1 aromatic heterocycles. The van der Waals surface area contributed by atoms with Crippen molar-refractivity contribution in [3.63, 3.8) is 0 Å². The third-order valence-corrected chi connectivity index (χ3v) is 4.59. The number of aromatic nitrogens is 2. The Bertz CT molecular complexity index is 1130. The Labute approximate surface area is 157 Å². The quantitative estimate of drug-likeness (QED) is 0.771. The van der Waals surface area contributed by atoms with Gasteiger partial charge in [0, 0.05) is 11.7 Å². The second kappa shape index (κ2) is 7.23. The first-order chi connectivity index (χ1) is 12.8. The number of nitrogens with zero attached hydrogens (tertiary/aromatic N) is 2. The fourth-order valence-electron chi connectivity index (χ4n) is 3.22. The van der Waals surface area contributed by atoms with Crippen LogP contribution in [0, 0.1) is 6.92 Å². The van der Waals surface area contributed by atoms with Crippen molar-refractivity contribution in [3.05, 3.63) is 74.9 Å². The average Bonchev–Trinajstić information content (AvgIpc) is 2.61. The summed E-state index contributed by atoms with van der Waals surface area (Å²) >= 11 is 0. The zero-order valence-electron chi connectivity index (χ0n) is 15.9. The number of hydrogen-bond donors (Lipinski definition) is 1. The van der Waals surface area contributed by atoms with Crippen LogP contribution >= 0.6 is 0 Å². The fourth-order valence-corrected chi connectivity index (χ4v) is 3.22. The number of benzene rings is 2. The van der Waals surface area contributed by atoms with Gasteiger partial charge >= 0.3 is 5.69 Å². The standard InChI is InChI=1S/C21H23N3O3/c1-13(2)23-20(26)17-10-5-6-11-18(17)24(21(23)27)15(4)19(25)22-16-9-7-8-14(3)12-16/h5-13,15H,1-4H3,(H,22,25). The van der Waals surface area contributed by atoms with Crippen LogP contribution in [0.3, 0.4) is 0 Å². The molecule has 6 heteroatoms. The fraction of sp³-hybridized carbons (Fsp3) is 0.286. The van der Waals surface area contributed by atoms with Gasteiger partial charge in [0.1, 0.15) is 6.04 Å². The van der Waals surface area contributed by atoms with E-state index in [4.69, 9.17) is 0 Å². The molecule has 1 unspecified atom stereocenters. The molecule has 2 aromatic carbocycles. The summed E-state index contributed by atoms with van der Waals surface area (Å²) in [5, 5.41) is 3.27. The maximum atomic E-state index is 13.0. The van der Waals surface area contributed by atoms with Crippen LogP contribution < -0.4 is 16.6 Å². The Hall–Kier alpha value is -3.15. The van der Waals surface area contributed by atoms with Gasteiger partial charge in [-0.1, -0.05) is 24.3 Å². The number of fused-ring (bicyclic) bond motifs is 1. The van der Waals surface area contributed by atoms with Crippen LogP contribution in [0.25, 0.3) is 10.9 Å². The minimum atomic E-state index is -0.784. The van der Waals surface area contributed by atoms with Crippen LogP contribution in [0.1, 0.15) is 38.4 Å². The number of aryl methyl sites for hydroxylation is 1. The summed E-state index contributed by atoms with van der Waals surface area (Å²) in [6.45, 7) is 7.16. The molecule has 0 bridgehead atoms.